The molecule has 1 unspecified atom stereocenters. The van der Waals surface area contributed by atoms with Crippen molar-refractivity contribution in [3.05, 3.63) is 98.8 Å². The van der Waals surface area contributed by atoms with E-state index in [9.17, 15) is 9.90 Å². The summed E-state index contributed by atoms with van der Waals surface area (Å²) in [6, 6.07) is 16.8. The summed E-state index contributed by atoms with van der Waals surface area (Å²) in [4.78, 5) is 24.8. The molecule has 1 N–H and O–H groups in total. The van der Waals surface area contributed by atoms with Crippen molar-refractivity contribution in [1.82, 2.24) is 19.7 Å². The first-order valence-corrected chi connectivity index (χ1v) is 13.8. The largest absolute Gasteiger partial charge is 0.384 e. The molecule has 39 heavy (non-hydrogen) atoms. The Morgan fingerprint density at radius 3 is 2.46 bits per heavy atom. The number of carbonyl (C=O) groups is 1. The molecule has 2 aliphatic rings. The van der Waals surface area contributed by atoms with Gasteiger partial charge in [0.15, 0.2) is 5.72 Å². The van der Waals surface area contributed by atoms with Gasteiger partial charge in [-0.1, -0.05) is 47.5 Å². The average Bonchev–Trinajstić information content (AvgIpc) is 3.15. The quantitative estimate of drug-likeness (QED) is 0.444. The van der Waals surface area contributed by atoms with Crippen LogP contribution in [0.5, 0.6) is 0 Å². The first kappa shape index (κ1) is 28.0. The summed E-state index contributed by atoms with van der Waals surface area (Å²) < 4.78 is 6.23. The number of aliphatic hydroxyl groups is 1. The Balaban J connectivity index is 1.56. The van der Waals surface area contributed by atoms with Crippen LogP contribution in [0.25, 0.3) is 0 Å². The number of pyridine rings is 1. The Morgan fingerprint density at radius 1 is 1.10 bits per heavy atom. The number of nitrogens with zero attached hydrogens (tertiary/aromatic N) is 4. The number of hydrogen-bond acceptors (Lipinski definition) is 6. The Labute approximate surface area is 239 Å². The Kier molecular flexibility index (Phi) is 7.76. The summed E-state index contributed by atoms with van der Waals surface area (Å²) in [5.41, 5.74) is 0.973. The van der Waals surface area contributed by atoms with Crippen LogP contribution < -0.4 is 0 Å². The van der Waals surface area contributed by atoms with Crippen molar-refractivity contribution < 1.29 is 14.6 Å². The lowest BCUT2D eigenvalue weighted by Crippen LogP contribution is -2.54. The summed E-state index contributed by atoms with van der Waals surface area (Å²) in [5, 5.41) is 12.8. The number of halogens is 2. The van der Waals surface area contributed by atoms with E-state index in [2.05, 4.69) is 28.8 Å². The van der Waals surface area contributed by atoms with Crippen molar-refractivity contribution in [2.75, 3.05) is 40.3 Å². The lowest BCUT2D eigenvalue weighted by atomic mass is 9.88. The second kappa shape index (κ2) is 10.8. The Hall–Kier alpha value is -2.52. The van der Waals surface area contributed by atoms with Gasteiger partial charge in [-0.2, -0.15) is 0 Å². The second-order valence-electron chi connectivity index (χ2n) is 10.8. The molecule has 0 radical (unpaired) electrons. The van der Waals surface area contributed by atoms with Gasteiger partial charge in [0, 0.05) is 67.2 Å². The van der Waals surface area contributed by atoms with E-state index >= 15 is 0 Å². The average molecular weight is 570 g/mol. The third-order valence-corrected chi connectivity index (χ3v) is 8.46. The van der Waals surface area contributed by atoms with Crippen LogP contribution in [0.3, 0.4) is 0 Å². The van der Waals surface area contributed by atoms with Crippen molar-refractivity contribution in [2.24, 2.45) is 0 Å². The minimum absolute atomic E-state index is 0.200. The highest BCUT2D eigenvalue weighted by Gasteiger charge is 2.52. The van der Waals surface area contributed by atoms with Gasteiger partial charge in [-0.3, -0.25) is 19.6 Å². The molecule has 0 aliphatic carbocycles. The lowest BCUT2D eigenvalue weighted by molar-refractivity contribution is -0.0868. The number of amides is 1. The van der Waals surface area contributed by atoms with E-state index in [1.54, 1.807) is 42.5 Å². The Bertz CT molecular complexity index is 1350. The van der Waals surface area contributed by atoms with Crippen LogP contribution in [0, 0.1) is 0 Å². The molecule has 1 aromatic heterocycles. The zero-order valence-corrected chi connectivity index (χ0v) is 24.2. The number of ether oxygens (including phenoxy) is 1. The lowest BCUT2D eigenvalue weighted by Gasteiger charge is -2.41. The number of fused-ring (bicyclic) bond motifs is 1. The van der Waals surface area contributed by atoms with Gasteiger partial charge in [0.2, 0.25) is 0 Å². The van der Waals surface area contributed by atoms with Crippen LogP contribution >= 0.6 is 23.2 Å². The van der Waals surface area contributed by atoms with Crippen molar-refractivity contribution in [1.29, 1.82) is 0 Å². The number of hydrogen-bond donors (Lipinski definition) is 1. The number of aromatic nitrogens is 1. The topological polar surface area (TPSA) is 69.1 Å². The van der Waals surface area contributed by atoms with Crippen molar-refractivity contribution >= 4 is 29.1 Å². The minimum Gasteiger partial charge on any atom is -0.384 e. The number of methoxy groups -OCH3 is 1. The van der Waals surface area contributed by atoms with Crippen molar-refractivity contribution in [3.8, 4) is 0 Å². The molecule has 9 heteroatoms. The third-order valence-electron chi connectivity index (χ3n) is 7.98. The van der Waals surface area contributed by atoms with Crippen LogP contribution in [-0.4, -0.2) is 77.1 Å². The number of carbonyl (C=O) groups excluding carboxylic acids is 1. The van der Waals surface area contributed by atoms with Gasteiger partial charge in [0.25, 0.3) is 5.91 Å². The van der Waals surface area contributed by atoms with Gasteiger partial charge in [0.05, 0.1) is 22.9 Å². The second-order valence-corrected chi connectivity index (χ2v) is 11.7. The van der Waals surface area contributed by atoms with Gasteiger partial charge in [-0.15, -0.1) is 0 Å². The molecular weight excluding hydrogens is 535 g/mol. The molecule has 3 heterocycles. The van der Waals surface area contributed by atoms with Gasteiger partial charge in [0.1, 0.15) is 0 Å². The van der Waals surface area contributed by atoms with Gasteiger partial charge < -0.3 is 14.7 Å². The van der Waals surface area contributed by atoms with E-state index in [-0.39, 0.29) is 12.5 Å². The fourth-order valence-electron chi connectivity index (χ4n) is 5.85. The fraction of sp³-hybridized carbons (Fsp3) is 0.400. The first-order valence-electron chi connectivity index (χ1n) is 13.1. The molecule has 1 amide bonds. The van der Waals surface area contributed by atoms with E-state index in [0.29, 0.717) is 45.0 Å². The molecule has 0 spiro atoms. The van der Waals surface area contributed by atoms with Crippen LogP contribution in [0.15, 0.2) is 60.8 Å². The first-order chi connectivity index (χ1) is 18.5. The molecule has 1 saturated heterocycles. The summed E-state index contributed by atoms with van der Waals surface area (Å²) in [6.07, 6.45) is 1.57. The highest BCUT2D eigenvalue weighted by Crippen LogP contribution is 2.46. The predicted octanol–water partition coefficient (Wildman–Crippen LogP) is 4.74. The molecule has 0 bridgehead atoms. The maximum atomic E-state index is 14.1. The number of piperazine rings is 1. The number of rotatable bonds is 7. The van der Waals surface area contributed by atoms with Crippen molar-refractivity contribution in [3.63, 3.8) is 0 Å². The maximum Gasteiger partial charge on any atom is 0.257 e. The highest BCUT2D eigenvalue weighted by molar-refractivity contribution is 6.30. The van der Waals surface area contributed by atoms with E-state index in [1.807, 2.05) is 37.3 Å². The normalized spacial score (nSPS) is 23.6. The SMILES string of the molecule is CO[C@]1(c2ccc(Cl)cc2)c2ccc(C(C)(O)CN3CCN(C)C[C@@H]3C)cc2C(=O)N1Cc1ccc(Cl)cn1. The summed E-state index contributed by atoms with van der Waals surface area (Å²) in [5.74, 6) is -0.204. The molecule has 206 valence electrons. The van der Waals surface area contributed by atoms with Crippen LogP contribution in [0.4, 0.5) is 0 Å². The zero-order chi connectivity index (χ0) is 27.9. The molecule has 5 rings (SSSR count). The number of β-amino-alcohol motifs (C(OH)–C–C–N with tert-alkyl or cyclic N) is 1. The molecule has 3 atom stereocenters. The van der Waals surface area contributed by atoms with E-state index < -0.39 is 11.3 Å². The van der Waals surface area contributed by atoms with E-state index in [4.69, 9.17) is 27.9 Å². The molecule has 1 fully saturated rings. The van der Waals surface area contributed by atoms with Crippen LogP contribution in [0.1, 0.15) is 46.6 Å². The molecule has 7 nitrogen and oxygen atoms in total. The van der Waals surface area contributed by atoms with Gasteiger partial charge in [-0.05, 0) is 56.8 Å². The zero-order valence-electron chi connectivity index (χ0n) is 22.7. The number of benzene rings is 2. The molecule has 2 aliphatic heterocycles. The van der Waals surface area contributed by atoms with E-state index in [1.165, 1.54) is 0 Å². The van der Waals surface area contributed by atoms with Crippen LogP contribution in [-0.2, 0) is 22.6 Å². The van der Waals surface area contributed by atoms with Crippen molar-refractivity contribution in [2.45, 2.75) is 37.8 Å². The molecule has 0 saturated carbocycles. The summed E-state index contributed by atoms with van der Waals surface area (Å²) in [6.45, 7) is 7.45. The monoisotopic (exact) mass is 568 g/mol. The third kappa shape index (κ3) is 5.20. The number of likely N-dealkylation sites (N-methyl/N-ethyl adjacent to an activating group) is 1. The molecule has 3 aromatic rings. The van der Waals surface area contributed by atoms with Crippen LogP contribution in [0.2, 0.25) is 10.0 Å². The highest BCUT2D eigenvalue weighted by atomic mass is 35.5. The Morgan fingerprint density at radius 2 is 1.82 bits per heavy atom. The predicted molar refractivity (Wildman–Crippen MR) is 153 cm³/mol. The molecular formula is C30H34Cl2N4O3. The van der Waals surface area contributed by atoms with E-state index in [0.717, 1.165) is 25.2 Å². The summed E-state index contributed by atoms with van der Waals surface area (Å²) >= 11 is 12.3. The summed E-state index contributed by atoms with van der Waals surface area (Å²) in [7, 11) is 3.71. The minimum atomic E-state index is -1.20. The standard InChI is InChI=1S/C30H34Cl2N4O3/c1-20-17-34(3)13-14-35(20)19-29(2,38)22-7-12-27-26(15-22)28(37)36(18-25-11-10-24(32)16-33-25)30(27,39-4)21-5-8-23(31)9-6-21/h5-12,15-16,20,38H,13-14,17-19H2,1-4H3/t20-,29?,30+/m0/s1. The van der Waals surface area contributed by atoms with Gasteiger partial charge in [-0.25, -0.2) is 0 Å². The van der Waals surface area contributed by atoms with Gasteiger partial charge >= 0.3 is 0 Å². The maximum absolute atomic E-state index is 14.1. The fourth-order valence-corrected chi connectivity index (χ4v) is 6.09. The smallest absolute Gasteiger partial charge is 0.257 e. The molecule has 2 aromatic carbocycles.